The molecule has 0 bridgehead atoms. The van der Waals surface area contributed by atoms with Gasteiger partial charge in [0, 0.05) is 17.9 Å². The molecular formula is C17H18N4O. The molecule has 0 spiro atoms. The molecule has 1 atom stereocenters. The van der Waals surface area contributed by atoms with Gasteiger partial charge in [-0.3, -0.25) is 9.78 Å². The first kappa shape index (κ1) is 15.5. The third-order valence-corrected chi connectivity index (χ3v) is 3.27. The average Bonchev–Trinajstić information content (AvgIpc) is 2.55. The Morgan fingerprint density at radius 2 is 2.14 bits per heavy atom. The zero-order chi connectivity index (χ0) is 15.9. The molecule has 0 saturated heterocycles. The summed E-state index contributed by atoms with van der Waals surface area (Å²) in [6.07, 6.45) is 4.05. The summed E-state index contributed by atoms with van der Waals surface area (Å²) in [4.78, 5) is 16.2. The van der Waals surface area contributed by atoms with Crippen LogP contribution in [0.1, 0.15) is 36.2 Å². The SMILES string of the molecule is CCC(C)NC(=O)c1cncc(Nc2cccc(C#N)c2)c1. The summed E-state index contributed by atoms with van der Waals surface area (Å²) in [5, 5.41) is 15.0. The van der Waals surface area contributed by atoms with Gasteiger partial charge in [0.2, 0.25) is 0 Å². The number of pyridine rings is 1. The molecule has 5 heteroatoms. The van der Waals surface area contributed by atoms with Crippen LogP contribution in [0.4, 0.5) is 11.4 Å². The van der Waals surface area contributed by atoms with E-state index in [1.807, 2.05) is 19.9 Å². The van der Waals surface area contributed by atoms with Crippen LogP contribution < -0.4 is 10.6 Å². The normalized spacial score (nSPS) is 11.3. The van der Waals surface area contributed by atoms with Crippen LogP contribution in [-0.4, -0.2) is 16.9 Å². The second-order valence-corrected chi connectivity index (χ2v) is 5.06. The molecule has 2 N–H and O–H groups in total. The minimum absolute atomic E-state index is 0.122. The van der Waals surface area contributed by atoms with Gasteiger partial charge in [0.25, 0.3) is 5.91 Å². The Balaban J connectivity index is 2.14. The number of rotatable bonds is 5. The highest BCUT2D eigenvalue weighted by molar-refractivity contribution is 5.95. The number of carbonyl (C=O) groups is 1. The maximum absolute atomic E-state index is 12.1. The lowest BCUT2D eigenvalue weighted by Crippen LogP contribution is -2.31. The van der Waals surface area contributed by atoms with Gasteiger partial charge < -0.3 is 10.6 Å². The molecule has 112 valence electrons. The first-order chi connectivity index (χ1) is 10.6. The second-order valence-electron chi connectivity index (χ2n) is 5.06. The zero-order valence-electron chi connectivity index (χ0n) is 12.6. The summed E-state index contributed by atoms with van der Waals surface area (Å²) in [6, 6.07) is 11.1. The minimum Gasteiger partial charge on any atom is -0.354 e. The summed E-state index contributed by atoms with van der Waals surface area (Å²) in [5.41, 5.74) is 2.55. The van der Waals surface area contributed by atoms with Gasteiger partial charge in [0.1, 0.15) is 0 Å². The van der Waals surface area contributed by atoms with Gasteiger partial charge in [-0.05, 0) is 37.6 Å². The monoisotopic (exact) mass is 294 g/mol. The van der Waals surface area contributed by atoms with Crippen molar-refractivity contribution in [1.82, 2.24) is 10.3 Å². The molecule has 0 fully saturated rings. The number of nitriles is 1. The Labute approximate surface area is 130 Å². The zero-order valence-corrected chi connectivity index (χ0v) is 12.6. The van der Waals surface area contributed by atoms with Gasteiger partial charge in [-0.15, -0.1) is 0 Å². The molecule has 1 aromatic heterocycles. The van der Waals surface area contributed by atoms with Gasteiger partial charge in [0.15, 0.2) is 0 Å². The van der Waals surface area contributed by atoms with Crippen molar-refractivity contribution >= 4 is 17.3 Å². The molecule has 0 aliphatic rings. The molecule has 2 rings (SSSR count). The maximum Gasteiger partial charge on any atom is 0.253 e. The fraction of sp³-hybridized carbons (Fsp3) is 0.235. The van der Waals surface area contributed by atoms with E-state index in [-0.39, 0.29) is 11.9 Å². The number of anilines is 2. The predicted octanol–water partition coefficient (Wildman–Crippen LogP) is 3.23. The van der Waals surface area contributed by atoms with Crippen molar-refractivity contribution in [3.05, 3.63) is 53.9 Å². The fourth-order valence-electron chi connectivity index (χ4n) is 1.87. The Hall–Kier alpha value is -2.87. The number of nitrogens with one attached hydrogen (secondary N) is 2. The Morgan fingerprint density at radius 3 is 2.86 bits per heavy atom. The van der Waals surface area contributed by atoms with Crippen LogP contribution in [0, 0.1) is 11.3 Å². The molecule has 1 unspecified atom stereocenters. The van der Waals surface area contributed by atoms with Gasteiger partial charge in [-0.2, -0.15) is 5.26 Å². The van der Waals surface area contributed by atoms with Crippen molar-refractivity contribution in [2.24, 2.45) is 0 Å². The third-order valence-electron chi connectivity index (χ3n) is 3.27. The van der Waals surface area contributed by atoms with Gasteiger partial charge in [-0.1, -0.05) is 13.0 Å². The number of aromatic nitrogens is 1. The smallest absolute Gasteiger partial charge is 0.253 e. The number of hydrogen-bond donors (Lipinski definition) is 2. The topological polar surface area (TPSA) is 77.8 Å². The van der Waals surface area contributed by atoms with E-state index in [2.05, 4.69) is 21.7 Å². The lowest BCUT2D eigenvalue weighted by molar-refractivity contribution is 0.0939. The molecule has 1 aromatic carbocycles. The maximum atomic E-state index is 12.1. The molecule has 0 saturated carbocycles. The van der Waals surface area contributed by atoms with E-state index in [1.165, 1.54) is 6.20 Å². The highest BCUT2D eigenvalue weighted by Gasteiger charge is 2.09. The van der Waals surface area contributed by atoms with Crippen molar-refractivity contribution in [2.75, 3.05) is 5.32 Å². The van der Waals surface area contributed by atoms with Crippen molar-refractivity contribution in [3.63, 3.8) is 0 Å². The third kappa shape index (κ3) is 4.06. The summed E-state index contributed by atoms with van der Waals surface area (Å²) in [7, 11) is 0. The standard InChI is InChI=1S/C17H18N4O/c1-3-12(2)20-17(22)14-8-16(11-19-10-14)21-15-6-4-5-13(7-15)9-18/h4-8,10-12,21H,3H2,1-2H3,(H,20,22). The van der Waals surface area contributed by atoms with Crippen LogP contribution in [0.2, 0.25) is 0 Å². The van der Waals surface area contributed by atoms with E-state index in [0.29, 0.717) is 16.8 Å². The second kappa shape index (κ2) is 7.23. The van der Waals surface area contributed by atoms with Crippen LogP contribution in [0.3, 0.4) is 0 Å². The summed E-state index contributed by atoms with van der Waals surface area (Å²) in [6.45, 7) is 3.98. The molecule has 2 aromatic rings. The van der Waals surface area contributed by atoms with Crippen LogP contribution >= 0.6 is 0 Å². The lowest BCUT2D eigenvalue weighted by atomic mass is 10.2. The van der Waals surface area contributed by atoms with Crippen molar-refractivity contribution in [3.8, 4) is 6.07 Å². The van der Waals surface area contributed by atoms with Gasteiger partial charge in [0.05, 0.1) is 29.1 Å². The molecule has 22 heavy (non-hydrogen) atoms. The van der Waals surface area contributed by atoms with E-state index in [0.717, 1.165) is 12.1 Å². The molecule has 0 aliphatic heterocycles. The largest absolute Gasteiger partial charge is 0.354 e. The van der Waals surface area contributed by atoms with Crippen LogP contribution in [0.5, 0.6) is 0 Å². The summed E-state index contributed by atoms with van der Waals surface area (Å²) in [5.74, 6) is -0.142. The molecule has 0 aliphatic carbocycles. The number of nitrogens with zero attached hydrogens (tertiary/aromatic N) is 2. The fourth-order valence-corrected chi connectivity index (χ4v) is 1.87. The minimum atomic E-state index is -0.142. The van der Waals surface area contributed by atoms with Crippen molar-refractivity contribution in [1.29, 1.82) is 5.26 Å². The quantitative estimate of drug-likeness (QED) is 0.887. The van der Waals surface area contributed by atoms with E-state index in [4.69, 9.17) is 5.26 Å². The molecule has 1 amide bonds. The van der Waals surface area contributed by atoms with Crippen LogP contribution in [0.15, 0.2) is 42.7 Å². The highest BCUT2D eigenvalue weighted by atomic mass is 16.1. The number of benzene rings is 1. The highest BCUT2D eigenvalue weighted by Crippen LogP contribution is 2.17. The number of amides is 1. The summed E-state index contributed by atoms with van der Waals surface area (Å²) < 4.78 is 0. The van der Waals surface area contributed by atoms with E-state index < -0.39 is 0 Å². The van der Waals surface area contributed by atoms with E-state index in [1.54, 1.807) is 30.5 Å². The van der Waals surface area contributed by atoms with Crippen LogP contribution in [-0.2, 0) is 0 Å². The number of carbonyl (C=O) groups excluding carboxylic acids is 1. The Morgan fingerprint density at radius 1 is 1.32 bits per heavy atom. The van der Waals surface area contributed by atoms with Gasteiger partial charge >= 0.3 is 0 Å². The Bertz CT molecular complexity index is 706. The molecule has 0 radical (unpaired) electrons. The lowest BCUT2D eigenvalue weighted by Gasteiger charge is -2.12. The van der Waals surface area contributed by atoms with E-state index in [9.17, 15) is 4.79 Å². The predicted molar refractivity (Wildman–Crippen MR) is 85.9 cm³/mol. The molecule has 1 heterocycles. The van der Waals surface area contributed by atoms with E-state index >= 15 is 0 Å². The number of hydrogen-bond acceptors (Lipinski definition) is 4. The molecular weight excluding hydrogens is 276 g/mol. The Kier molecular flexibility index (Phi) is 5.10. The first-order valence-corrected chi connectivity index (χ1v) is 7.15. The summed E-state index contributed by atoms with van der Waals surface area (Å²) >= 11 is 0. The molecule has 5 nitrogen and oxygen atoms in total. The first-order valence-electron chi connectivity index (χ1n) is 7.15. The van der Waals surface area contributed by atoms with Gasteiger partial charge in [-0.25, -0.2) is 0 Å². The van der Waals surface area contributed by atoms with Crippen LogP contribution in [0.25, 0.3) is 0 Å². The van der Waals surface area contributed by atoms with Crippen molar-refractivity contribution in [2.45, 2.75) is 26.3 Å². The van der Waals surface area contributed by atoms with Crippen molar-refractivity contribution < 1.29 is 4.79 Å². The average molecular weight is 294 g/mol.